The van der Waals surface area contributed by atoms with Gasteiger partial charge in [-0.25, -0.2) is 14.7 Å². The van der Waals surface area contributed by atoms with Gasteiger partial charge in [0.1, 0.15) is 18.4 Å². The number of para-hydroxylation sites is 2. The van der Waals surface area contributed by atoms with Gasteiger partial charge in [-0.3, -0.25) is 0 Å². The third-order valence-corrected chi connectivity index (χ3v) is 5.52. The highest BCUT2D eigenvalue weighted by atomic mass is 16.5. The van der Waals surface area contributed by atoms with E-state index in [1.807, 2.05) is 16.8 Å². The summed E-state index contributed by atoms with van der Waals surface area (Å²) in [6, 6.07) is 17.0. The molecule has 2 N–H and O–H groups in total. The molecule has 168 valence electrons. The van der Waals surface area contributed by atoms with Crippen LogP contribution >= 0.6 is 0 Å². The Morgan fingerprint density at radius 3 is 2.88 bits per heavy atom. The van der Waals surface area contributed by atoms with Gasteiger partial charge in [0.2, 0.25) is 0 Å². The molecule has 32 heavy (non-hydrogen) atoms. The molecule has 1 saturated heterocycles. The Bertz CT molecular complexity index is 1020. The highest BCUT2D eigenvalue weighted by molar-refractivity contribution is 5.80. The summed E-state index contributed by atoms with van der Waals surface area (Å²) < 4.78 is 7.36. The van der Waals surface area contributed by atoms with Crippen LogP contribution in [0.15, 0.2) is 66.2 Å². The van der Waals surface area contributed by atoms with Crippen molar-refractivity contribution in [3.05, 3.63) is 72.3 Å². The average molecular weight is 434 g/mol. The van der Waals surface area contributed by atoms with Gasteiger partial charge in [-0.05, 0) is 36.6 Å². The Morgan fingerprint density at radius 2 is 2.06 bits per heavy atom. The van der Waals surface area contributed by atoms with Crippen LogP contribution < -0.4 is 20.3 Å². The molecule has 1 aliphatic rings. The van der Waals surface area contributed by atoms with Crippen molar-refractivity contribution in [1.82, 2.24) is 25.4 Å². The Morgan fingerprint density at radius 1 is 1.19 bits per heavy atom. The normalized spacial score (nSPS) is 16.2. The van der Waals surface area contributed by atoms with Gasteiger partial charge in [0, 0.05) is 25.7 Å². The number of rotatable bonds is 8. The first-order chi connectivity index (χ1) is 15.7. The highest BCUT2D eigenvalue weighted by Gasteiger charge is 2.25. The molecule has 8 heteroatoms. The van der Waals surface area contributed by atoms with E-state index >= 15 is 0 Å². The number of aromatic nitrogens is 3. The number of ether oxygens (including phenoxy) is 1. The monoisotopic (exact) mass is 433 g/mol. The molecule has 1 aromatic heterocycles. The number of hydrogen-bond donors (Lipinski definition) is 2. The number of benzene rings is 2. The molecule has 8 nitrogen and oxygen atoms in total. The zero-order valence-corrected chi connectivity index (χ0v) is 18.7. The van der Waals surface area contributed by atoms with E-state index in [9.17, 15) is 0 Å². The molecule has 3 aromatic rings. The molecule has 0 spiro atoms. The maximum absolute atomic E-state index is 5.54. The van der Waals surface area contributed by atoms with Crippen molar-refractivity contribution in [1.29, 1.82) is 0 Å². The van der Waals surface area contributed by atoms with E-state index in [4.69, 9.17) is 9.73 Å². The quantitative estimate of drug-likeness (QED) is 0.420. The summed E-state index contributed by atoms with van der Waals surface area (Å²) in [7, 11) is 1.72. The smallest absolute Gasteiger partial charge is 0.191 e. The predicted octanol–water partition coefficient (Wildman–Crippen LogP) is 2.67. The second-order valence-electron chi connectivity index (χ2n) is 7.86. The average Bonchev–Trinajstić information content (AvgIpc) is 3.50. The van der Waals surface area contributed by atoms with Crippen LogP contribution in [-0.2, 0) is 13.1 Å². The number of nitrogens with zero attached hydrogens (tertiary/aromatic N) is 5. The molecule has 4 rings (SSSR count). The van der Waals surface area contributed by atoms with Gasteiger partial charge in [-0.15, -0.1) is 0 Å². The van der Waals surface area contributed by atoms with E-state index in [1.54, 1.807) is 19.8 Å². The van der Waals surface area contributed by atoms with Crippen LogP contribution in [0.5, 0.6) is 5.75 Å². The lowest BCUT2D eigenvalue weighted by Gasteiger charge is -2.22. The highest BCUT2D eigenvalue weighted by Crippen LogP contribution is 2.30. The Labute approximate surface area is 189 Å². The fourth-order valence-corrected chi connectivity index (χ4v) is 4.00. The van der Waals surface area contributed by atoms with E-state index < -0.39 is 0 Å². The summed E-state index contributed by atoms with van der Waals surface area (Å²) in [6.07, 6.45) is 4.34. The van der Waals surface area contributed by atoms with Crippen LogP contribution in [0.4, 0.5) is 5.69 Å². The third kappa shape index (κ3) is 5.57. The summed E-state index contributed by atoms with van der Waals surface area (Å²) in [5.41, 5.74) is 3.50. The first-order valence-corrected chi connectivity index (χ1v) is 11.1. The van der Waals surface area contributed by atoms with Crippen LogP contribution in [0.25, 0.3) is 0 Å². The van der Waals surface area contributed by atoms with Crippen LogP contribution in [0, 0.1) is 0 Å². The minimum Gasteiger partial charge on any atom is -0.495 e. The second-order valence-corrected chi connectivity index (χ2v) is 7.86. The first-order valence-electron chi connectivity index (χ1n) is 11.1. The lowest BCUT2D eigenvalue weighted by molar-refractivity contribution is 0.415. The summed E-state index contributed by atoms with van der Waals surface area (Å²) in [4.78, 5) is 11.2. The van der Waals surface area contributed by atoms with Gasteiger partial charge in [0.05, 0.1) is 25.9 Å². The molecule has 1 aliphatic heterocycles. The number of nitrogens with one attached hydrogen (secondary N) is 2. The van der Waals surface area contributed by atoms with Gasteiger partial charge >= 0.3 is 0 Å². The molecule has 0 saturated carbocycles. The van der Waals surface area contributed by atoms with Crippen molar-refractivity contribution >= 4 is 11.6 Å². The van der Waals surface area contributed by atoms with E-state index in [0.717, 1.165) is 43.5 Å². The SMILES string of the molecule is CCNC(=NCc1cccc(Cn2cncn2)c1)NC1CCN(c2ccccc2OC)C1. The van der Waals surface area contributed by atoms with Crippen LogP contribution in [-0.4, -0.2) is 53.5 Å². The first kappa shape index (κ1) is 21.7. The van der Waals surface area contributed by atoms with Crippen molar-refractivity contribution in [3.8, 4) is 5.75 Å². The van der Waals surface area contributed by atoms with Crippen molar-refractivity contribution in [2.45, 2.75) is 32.5 Å². The van der Waals surface area contributed by atoms with Crippen molar-refractivity contribution in [2.75, 3.05) is 31.6 Å². The summed E-state index contributed by atoms with van der Waals surface area (Å²) in [6.45, 7) is 6.13. The van der Waals surface area contributed by atoms with Gasteiger partial charge in [0.15, 0.2) is 5.96 Å². The molecular weight excluding hydrogens is 402 g/mol. The zero-order chi connectivity index (χ0) is 22.2. The molecule has 0 bridgehead atoms. The molecule has 2 aromatic carbocycles. The fraction of sp³-hybridized carbons (Fsp3) is 0.375. The third-order valence-electron chi connectivity index (χ3n) is 5.52. The van der Waals surface area contributed by atoms with E-state index in [1.165, 1.54) is 11.1 Å². The predicted molar refractivity (Wildman–Crippen MR) is 127 cm³/mol. The molecule has 1 unspecified atom stereocenters. The number of anilines is 1. The number of hydrogen-bond acceptors (Lipinski definition) is 5. The van der Waals surface area contributed by atoms with Crippen molar-refractivity contribution in [2.24, 2.45) is 4.99 Å². The Balaban J connectivity index is 1.37. The minimum atomic E-state index is 0.330. The molecule has 2 heterocycles. The number of guanidine groups is 1. The lowest BCUT2D eigenvalue weighted by atomic mass is 10.1. The van der Waals surface area contributed by atoms with Gasteiger partial charge in [-0.2, -0.15) is 5.10 Å². The number of methoxy groups -OCH3 is 1. The van der Waals surface area contributed by atoms with Crippen LogP contribution in [0.2, 0.25) is 0 Å². The topological polar surface area (TPSA) is 79.6 Å². The van der Waals surface area contributed by atoms with Crippen LogP contribution in [0.1, 0.15) is 24.5 Å². The Hall–Kier alpha value is -3.55. The summed E-state index contributed by atoms with van der Waals surface area (Å²) in [5.74, 6) is 1.76. The zero-order valence-electron chi connectivity index (χ0n) is 18.7. The molecular formula is C24H31N7O. The molecule has 0 aliphatic carbocycles. The maximum atomic E-state index is 5.54. The maximum Gasteiger partial charge on any atom is 0.191 e. The molecule has 1 fully saturated rings. The van der Waals surface area contributed by atoms with Gasteiger partial charge in [0.25, 0.3) is 0 Å². The minimum absolute atomic E-state index is 0.330. The standard InChI is InChI=1S/C24H31N7O/c1-3-26-24(27-14-19-7-6-8-20(13-19)15-31-18-25-17-28-31)29-21-11-12-30(16-21)22-9-4-5-10-23(22)32-2/h4-10,13,17-18,21H,3,11-12,14-16H2,1-2H3,(H2,26,27,29). The summed E-state index contributed by atoms with van der Waals surface area (Å²) in [5, 5.41) is 11.2. The van der Waals surface area contributed by atoms with E-state index in [0.29, 0.717) is 19.1 Å². The second kappa shape index (κ2) is 10.7. The summed E-state index contributed by atoms with van der Waals surface area (Å²) >= 11 is 0. The van der Waals surface area contributed by atoms with E-state index in [2.05, 4.69) is 68.9 Å². The molecule has 0 amide bonds. The van der Waals surface area contributed by atoms with E-state index in [-0.39, 0.29) is 0 Å². The molecule has 1 atom stereocenters. The molecule has 0 radical (unpaired) electrons. The Kier molecular flexibility index (Phi) is 7.22. The lowest BCUT2D eigenvalue weighted by Crippen LogP contribution is -2.44. The number of aliphatic imine (C=N–C) groups is 1. The largest absolute Gasteiger partial charge is 0.495 e. The van der Waals surface area contributed by atoms with Gasteiger partial charge in [-0.1, -0.05) is 36.4 Å². The van der Waals surface area contributed by atoms with Crippen LogP contribution in [0.3, 0.4) is 0 Å². The van der Waals surface area contributed by atoms with Crippen molar-refractivity contribution in [3.63, 3.8) is 0 Å². The van der Waals surface area contributed by atoms with Gasteiger partial charge < -0.3 is 20.3 Å². The fourth-order valence-electron chi connectivity index (χ4n) is 4.00. The van der Waals surface area contributed by atoms with Crippen molar-refractivity contribution < 1.29 is 4.74 Å².